The van der Waals surface area contributed by atoms with E-state index < -0.39 is 11.8 Å². The highest BCUT2D eigenvalue weighted by atomic mass is 35.5. The van der Waals surface area contributed by atoms with Gasteiger partial charge in [0.05, 0.1) is 31.0 Å². The van der Waals surface area contributed by atoms with E-state index in [1.165, 1.54) is 20.4 Å². The Morgan fingerprint density at radius 2 is 1.81 bits per heavy atom. The van der Waals surface area contributed by atoms with E-state index in [4.69, 9.17) is 31.5 Å². The van der Waals surface area contributed by atoms with Crippen molar-refractivity contribution in [2.75, 3.05) is 20.8 Å². The van der Waals surface area contributed by atoms with E-state index in [2.05, 4.69) is 10.5 Å². The summed E-state index contributed by atoms with van der Waals surface area (Å²) in [4.78, 5) is 23.0. The molecule has 0 aromatic heterocycles. The van der Waals surface area contributed by atoms with Gasteiger partial charge in [0.2, 0.25) is 5.75 Å². The number of halogens is 1. The van der Waals surface area contributed by atoms with Gasteiger partial charge in [0.15, 0.2) is 18.1 Å². The fraction of sp³-hybridized carbons (Fsp3) is 0.167. The molecular weight excluding hydrogens is 374 g/mol. The number of nitrogens with zero attached hydrogens (tertiary/aromatic N) is 1. The number of amides is 2. The normalized spacial score (nSPS) is 10.5. The first-order valence-corrected chi connectivity index (χ1v) is 8.09. The van der Waals surface area contributed by atoms with Crippen molar-refractivity contribution in [3.63, 3.8) is 0 Å². The van der Waals surface area contributed by atoms with Crippen molar-refractivity contribution in [3.05, 3.63) is 52.5 Å². The predicted octanol–water partition coefficient (Wildman–Crippen LogP) is 1.99. The minimum atomic E-state index is -0.632. The van der Waals surface area contributed by atoms with Crippen LogP contribution in [0.1, 0.15) is 15.9 Å². The van der Waals surface area contributed by atoms with Gasteiger partial charge in [0.25, 0.3) is 11.8 Å². The number of methoxy groups -OCH3 is 2. The Kier molecular flexibility index (Phi) is 7.01. The lowest BCUT2D eigenvalue weighted by molar-refractivity contribution is -0.120. The molecule has 2 amide bonds. The lowest BCUT2D eigenvalue weighted by Gasteiger charge is -2.14. The Balaban J connectivity index is 2.18. The van der Waals surface area contributed by atoms with Crippen LogP contribution in [-0.2, 0) is 4.79 Å². The number of carbonyl (C=O) groups excluding carboxylic acids is 2. The zero-order valence-electron chi connectivity index (χ0n) is 14.7. The summed E-state index contributed by atoms with van der Waals surface area (Å²) in [6, 6.07) is 9.83. The second-order valence-electron chi connectivity index (χ2n) is 5.19. The van der Waals surface area contributed by atoms with Gasteiger partial charge in [0, 0.05) is 5.56 Å². The van der Waals surface area contributed by atoms with Crippen LogP contribution in [0.2, 0.25) is 5.02 Å². The van der Waals surface area contributed by atoms with Crippen LogP contribution < -0.4 is 25.4 Å². The highest BCUT2D eigenvalue weighted by Gasteiger charge is 2.15. The monoisotopic (exact) mass is 391 g/mol. The molecule has 0 bridgehead atoms. The molecule has 9 heteroatoms. The lowest BCUT2D eigenvalue weighted by atomic mass is 10.2. The standard InChI is InChI=1S/C18H18ClN3O5/c1-25-14-7-11(8-15(26-2)17(14)27-10-16(20)23)9-21-22-18(24)12-5-3-4-6-13(12)19/h3-9H,10H2,1-2H3,(H2,20,23)(H,22,24)/b21-9-. The fourth-order valence-electron chi connectivity index (χ4n) is 2.13. The van der Waals surface area contributed by atoms with Crippen LogP contribution in [0, 0.1) is 0 Å². The maximum absolute atomic E-state index is 12.1. The van der Waals surface area contributed by atoms with Gasteiger partial charge in [-0.3, -0.25) is 9.59 Å². The molecule has 0 aliphatic rings. The van der Waals surface area contributed by atoms with Crippen molar-refractivity contribution in [1.29, 1.82) is 0 Å². The van der Waals surface area contributed by atoms with Crippen molar-refractivity contribution in [2.24, 2.45) is 10.8 Å². The molecule has 0 heterocycles. The van der Waals surface area contributed by atoms with E-state index >= 15 is 0 Å². The number of primary amides is 1. The van der Waals surface area contributed by atoms with Crippen LogP contribution in [-0.4, -0.2) is 38.9 Å². The molecule has 0 aliphatic carbocycles. The third kappa shape index (κ3) is 5.35. The molecule has 2 aromatic rings. The average Bonchev–Trinajstić information content (AvgIpc) is 2.66. The molecule has 3 N–H and O–H groups in total. The quantitative estimate of drug-likeness (QED) is 0.527. The van der Waals surface area contributed by atoms with Crippen LogP contribution in [0.15, 0.2) is 41.5 Å². The Hall–Kier alpha value is -3.26. The third-order valence-electron chi connectivity index (χ3n) is 3.34. The smallest absolute Gasteiger partial charge is 0.272 e. The van der Waals surface area contributed by atoms with Gasteiger partial charge in [-0.25, -0.2) is 5.43 Å². The van der Waals surface area contributed by atoms with Gasteiger partial charge < -0.3 is 19.9 Å². The Morgan fingerprint density at radius 1 is 1.19 bits per heavy atom. The van der Waals surface area contributed by atoms with Crippen molar-refractivity contribution in [2.45, 2.75) is 0 Å². The molecule has 2 aromatic carbocycles. The third-order valence-corrected chi connectivity index (χ3v) is 3.67. The summed E-state index contributed by atoms with van der Waals surface area (Å²) in [6.45, 7) is -0.325. The van der Waals surface area contributed by atoms with Gasteiger partial charge in [-0.2, -0.15) is 5.10 Å². The van der Waals surface area contributed by atoms with Crippen LogP contribution >= 0.6 is 11.6 Å². The Bertz CT molecular complexity index is 845. The summed E-state index contributed by atoms with van der Waals surface area (Å²) in [5.74, 6) is -0.218. The molecule has 0 radical (unpaired) electrons. The zero-order chi connectivity index (χ0) is 19.8. The van der Waals surface area contributed by atoms with Gasteiger partial charge in [-0.15, -0.1) is 0 Å². The molecule has 2 rings (SSSR count). The molecule has 8 nitrogen and oxygen atoms in total. The van der Waals surface area contributed by atoms with Gasteiger partial charge in [-0.1, -0.05) is 23.7 Å². The molecule has 0 unspecified atom stereocenters. The van der Waals surface area contributed by atoms with E-state index in [0.717, 1.165) is 0 Å². The van der Waals surface area contributed by atoms with E-state index in [-0.39, 0.29) is 12.4 Å². The summed E-state index contributed by atoms with van der Waals surface area (Å²) in [5.41, 5.74) is 8.35. The first kappa shape index (κ1) is 20.1. The molecule has 0 saturated heterocycles. The molecule has 27 heavy (non-hydrogen) atoms. The zero-order valence-corrected chi connectivity index (χ0v) is 15.4. The van der Waals surface area contributed by atoms with Crippen LogP contribution in [0.3, 0.4) is 0 Å². The molecule has 0 fully saturated rings. The van der Waals surface area contributed by atoms with Crippen molar-refractivity contribution < 1.29 is 23.8 Å². The van der Waals surface area contributed by atoms with E-state index in [1.54, 1.807) is 36.4 Å². The highest BCUT2D eigenvalue weighted by molar-refractivity contribution is 6.33. The Morgan fingerprint density at radius 3 is 2.37 bits per heavy atom. The van der Waals surface area contributed by atoms with E-state index in [1.807, 2.05) is 0 Å². The van der Waals surface area contributed by atoms with Crippen LogP contribution in [0.25, 0.3) is 0 Å². The van der Waals surface area contributed by atoms with Crippen LogP contribution in [0.4, 0.5) is 0 Å². The maximum Gasteiger partial charge on any atom is 0.272 e. The number of nitrogens with one attached hydrogen (secondary N) is 1. The first-order valence-electron chi connectivity index (χ1n) is 7.71. The highest BCUT2D eigenvalue weighted by Crippen LogP contribution is 2.38. The van der Waals surface area contributed by atoms with Gasteiger partial charge in [0.1, 0.15) is 0 Å². The van der Waals surface area contributed by atoms with Crippen molar-refractivity contribution in [3.8, 4) is 17.2 Å². The Labute approximate surface area is 160 Å². The predicted molar refractivity (Wildman–Crippen MR) is 101 cm³/mol. The number of benzene rings is 2. The molecular formula is C18H18ClN3O5. The molecule has 0 spiro atoms. The first-order chi connectivity index (χ1) is 13.0. The number of rotatable bonds is 8. The summed E-state index contributed by atoms with van der Waals surface area (Å²) in [7, 11) is 2.87. The molecule has 0 atom stereocenters. The maximum atomic E-state index is 12.1. The summed E-state index contributed by atoms with van der Waals surface area (Å²) < 4.78 is 15.8. The number of hydrazone groups is 1. The largest absolute Gasteiger partial charge is 0.493 e. The molecule has 142 valence electrons. The number of ether oxygens (including phenoxy) is 3. The summed E-state index contributed by atoms with van der Waals surface area (Å²) in [5, 5.41) is 4.23. The molecule has 0 aliphatic heterocycles. The number of carbonyl (C=O) groups is 2. The topological polar surface area (TPSA) is 112 Å². The van der Waals surface area contributed by atoms with Gasteiger partial charge >= 0.3 is 0 Å². The minimum Gasteiger partial charge on any atom is -0.493 e. The van der Waals surface area contributed by atoms with Crippen molar-refractivity contribution in [1.82, 2.24) is 5.43 Å². The number of hydrogen-bond acceptors (Lipinski definition) is 6. The summed E-state index contributed by atoms with van der Waals surface area (Å²) >= 11 is 5.97. The van der Waals surface area contributed by atoms with Crippen LogP contribution in [0.5, 0.6) is 17.2 Å². The van der Waals surface area contributed by atoms with Crippen molar-refractivity contribution >= 4 is 29.6 Å². The second kappa shape index (κ2) is 9.44. The number of nitrogens with two attached hydrogens (primary N) is 1. The average molecular weight is 392 g/mol. The number of hydrogen-bond donors (Lipinski definition) is 2. The second-order valence-corrected chi connectivity index (χ2v) is 5.60. The minimum absolute atomic E-state index is 0.232. The SMILES string of the molecule is COc1cc(/C=N\NC(=O)c2ccccc2Cl)cc(OC)c1OCC(N)=O. The van der Waals surface area contributed by atoms with E-state index in [9.17, 15) is 9.59 Å². The lowest BCUT2D eigenvalue weighted by Crippen LogP contribution is -2.20. The fourth-order valence-corrected chi connectivity index (χ4v) is 2.35. The van der Waals surface area contributed by atoms with Gasteiger partial charge in [-0.05, 0) is 24.3 Å². The van der Waals surface area contributed by atoms with E-state index in [0.29, 0.717) is 27.6 Å². The molecule has 0 saturated carbocycles. The summed E-state index contributed by atoms with van der Waals surface area (Å²) in [6.07, 6.45) is 1.40.